The summed E-state index contributed by atoms with van der Waals surface area (Å²) in [7, 11) is 0. The average molecular weight is 139 g/mol. The Morgan fingerprint density at radius 1 is 1.44 bits per heavy atom. The molecule has 1 heterocycles. The molecule has 0 aromatic carbocycles. The summed E-state index contributed by atoms with van der Waals surface area (Å²) in [5.74, 6) is -1.12. The van der Waals surface area contributed by atoms with Gasteiger partial charge in [0.15, 0.2) is 5.21 Å². The fraction of sp³-hybridized carbons (Fsp3) is 0.500. The van der Waals surface area contributed by atoms with Crippen LogP contribution in [0.2, 0.25) is 0 Å². The van der Waals surface area contributed by atoms with E-state index >= 15 is 0 Å². The van der Waals surface area contributed by atoms with Crippen LogP contribution in [-0.4, -0.2) is 15.5 Å². The maximum absolute atomic E-state index is 11.5. The summed E-state index contributed by atoms with van der Waals surface area (Å²) in [4.78, 5) is 0. The lowest BCUT2D eigenvalue weighted by molar-refractivity contribution is -0.491. The number of aromatic nitrogens is 4. The van der Waals surface area contributed by atoms with E-state index in [2.05, 4.69) is 10.3 Å². The van der Waals surface area contributed by atoms with Crippen LogP contribution in [0.3, 0.4) is 0 Å². The van der Waals surface area contributed by atoms with Crippen molar-refractivity contribution in [2.45, 2.75) is 6.18 Å². The molecule has 0 spiro atoms. The molecule has 7 heteroatoms. The van der Waals surface area contributed by atoms with Gasteiger partial charge in [0.05, 0.1) is 0 Å². The van der Waals surface area contributed by atoms with Crippen molar-refractivity contribution in [3.8, 4) is 0 Å². The molecule has 50 valence electrons. The molecule has 0 radical (unpaired) electrons. The van der Waals surface area contributed by atoms with Crippen LogP contribution in [0.25, 0.3) is 0 Å². The molecule has 9 heavy (non-hydrogen) atoms. The second-order valence-corrected chi connectivity index (χ2v) is 1.28. The first kappa shape index (κ1) is 5.99. The third-order valence-electron chi connectivity index (χ3n) is 0.643. The van der Waals surface area contributed by atoms with Gasteiger partial charge in [0.2, 0.25) is 0 Å². The van der Waals surface area contributed by atoms with E-state index in [1.54, 1.807) is 5.10 Å². The van der Waals surface area contributed by atoms with Gasteiger partial charge < -0.3 is 0 Å². The average Bonchev–Trinajstić information content (AvgIpc) is 2.08. The van der Waals surface area contributed by atoms with E-state index in [9.17, 15) is 13.2 Å². The fourth-order valence-electron chi connectivity index (χ4n) is 0.306. The van der Waals surface area contributed by atoms with Crippen LogP contribution in [0.5, 0.6) is 0 Å². The summed E-state index contributed by atoms with van der Waals surface area (Å²) < 4.78 is 34.4. The molecule has 0 saturated heterocycles. The monoisotopic (exact) mass is 139 g/mol. The Bertz CT molecular complexity index is 176. The SMILES string of the molecule is FC(F)(F)c1nn[nH][nH+]1. The van der Waals surface area contributed by atoms with Crippen LogP contribution >= 0.6 is 0 Å². The zero-order valence-corrected chi connectivity index (χ0v) is 4.03. The highest BCUT2D eigenvalue weighted by Crippen LogP contribution is 2.22. The Kier molecular flexibility index (Phi) is 1.11. The van der Waals surface area contributed by atoms with Crippen LogP contribution in [0.1, 0.15) is 5.82 Å². The fourth-order valence-corrected chi connectivity index (χ4v) is 0.306. The predicted molar refractivity (Wildman–Crippen MR) is 17.9 cm³/mol. The molecule has 0 fully saturated rings. The zero-order valence-electron chi connectivity index (χ0n) is 4.03. The summed E-state index contributed by atoms with van der Waals surface area (Å²) in [6.45, 7) is 0. The number of nitrogens with zero attached hydrogens (tertiary/aromatic N) is 2. The minimum atomic E-state index is -4.44. The Labute approximate surface area is 47.1 Å². The van der Waals surface area contributed by atoms with Crippen LogP contribution < -0.4 is 5.10 Å². The summed E-state index contributed by atoms with van der Waals surface area (Å²) >= 11 is 0. The molecule has 0 saturated carbocycles. The molecule has 2 N–H and O–H groups in total. The number of nitrogens with one attached hydrogen (secondary N) is 2. The van der Waals surface area contributed by atoms with E-state index in [4.69, 9.17) is 0 Å². The van der Waals surface area contributed by atoms with Crippen molar-refractivity contribution in [2.75, 3.05) is 0 Å². The van der Waals surface area contributed by atoms with Crippen LogP contribution in [-0.2, 0) is 6.18 Å². The molecular formula is C2H2F3N4+. The minimum Gasteiger partial charge on any atom is -0.168 e. The number of hydrogen-bond donors (Lipinski definition) is 1. The molecule has 1 aromatic heterocycles. The molecule has 0 unspecified atom stereocenters. The molecule has 0 aliphatic carbocycles. The Morgan fingerprint density at radius 2 is 2.11 bits per heavy atom. The smallest absolute Gasteiger partial charge is 0.168 e. The van der Waals surface area contributed by atoms with Gasteiger partial charge in [-0.3, -0.25) is 0 Å². The van der Waals surface area contributed by atoms with Gasteiger partial charge in [0.1, 0.15) is 5.10 Å². The van der Waals surface area contributed by atoms with Crippen molar-refractivity contribution in [3.05, 3.63) is 5.82 Å². The van der Waals surface area contributed by atoms with E-state index in [0.717, 1.165) is 0 Å². The van der Waals surface area contributed by atoms with Crippen molar-refractivity contribution in [1.29, 1.82) is 0 Å². The number of halogens is 3. The summed E-state index contributed by atoms with van der Waals surface area (Å²) in [5, 5.41) is 9.07. The normalized spacial score (nSPS) is 11.9. The van der Waals surface area contributed by atoms with Gasteiger partial charge in [-0.05, 0) is 0 Å². The number of aromatic amines is 2. The molecule has 0 atom stereocenters. The van der Waals surface area contributed by atoms with Gasteiger partial charge in [0, 0.05) is 0 Å². The lowest BCUT2D eigenvalue weighted by Gasteiger charge is -1.90. The Morgan fingerprint density at radius 3 is 2.33 bits per heavy atom. The van der Waals surface area contributed by atoms with Gasteiger partial charge in [-0.1, -0.05) is 5.21 Å². The second kappa shape index (κ2) is 1.67. The Hall–Kier alpha value is -1.14. The van der Waals surface area contributed by atoms with E-state index < -0.39 is 12.0 Å². The first-order valence-corrected chi connectivity index (χ1v) is 1.96. The lowest BCUT2D eigenvalue weighted by Crippen LogP contribution is -2.20. The van der Waals surface area contributed by atoms with Gasteiger partial charge in [-0.25, -0.2) is 0 Å². The first-order chi connectivity index (χ1) is 4.11. The van der Waals surface area contributed by atoms with E-state index in [-0.39, 0.29) is 0 Å². The largest absolute Gasteiger partial charge is 0.487 e. The molecule has 0 bridgehead atoms. The second-order valence-electron chi connectivity index (χ2n) is 1.28. The summed E-state index contributed by atoms with van der Waals surface area (Å²) in [6, 6.07) is 0. The van der Waals surface area contributed by atoms with Gasteiger partial charge in [-0.15, -0.1) is 0 Å². The Balaban J connectivity index is 2.90. The molecule has 1 aromatic rings. The van der Waals surface area contributed by atoms with Crippen LogP contribution in [0.15, 0.2) is 0 Å². The topological polar surface area (TPSA) is 55.7 Å². The summed E-state index contributed by atoms with van der Waals surface area (Å²) in [6.07, 6.45) is -4.44. The lowest BCUT2D eigenvalue weighted by atomic mass is 10.6. The van der Waals surface area contributed by atoms with Crippen molar-refractivity contribution < 1.29 is 18.3 Å². The van der Waals surface area contributed by atoms with E-state index in [0.29, 0.717) is 0 Å². The van der Waals surface area contributed by atoms with Crippen LogP contribution in [0.4, 0.5) is 13.2 Å². The first-order valence-electron chi connectivity index (χ1n) is 1.96. The third kappa shape index (κ3) is 1.15. The predicted octanol–water partition coefficient (Wildman–Crippen LogP) is -0.362. The van der Waals surface area contributed by atoms with E-state index in [1.807, 2.05) is 5.21 Å². The number of tetrazole rings is 1. The zero-order chi connectivity index (χ0) is 6.91. The van der Waals surface area contributed by atoms with E-state index in [1.165, 1.54) is 0 Å². The third-order valence-corrected chi connectivity index (χ3v) is 0.643. The van der Waals surface area contributed by atoms with Gasteiger partial charge in [-0.2, -0.15) is 18.3 Å². The molecule has 0 amide bonds. The van der Waals surface area contributed by atoms with Crippen molar-refractivity contribution >= 4 is 0 Å². The summed E-state index contributed by atoms with van der Waals surface area (Å²) in [5.41, 5.74) is 0. The van der Waals surface area contributed by atoms with Crippen molar-refractivity contribution in [3.63, 3.8) is 0 Å². The number of alkyl halides is 3. The number of rotatable bonds is 0. The highest BCUT2D eigenvalue weighted by molar-refractivity contribution is 4.73. The number of hydrogen-bond acceptors (Lipinski definition) is 2. The standard InChI is InChI=1S/C2HF3N4/c3-2(4,5)1-6-8-9-7-1/h(H,6,7,8,9)/p+1. The quantitative estimate of drug-likeness (QED) is 0.533. The number of H-pyrrole nitrogens is 2. The maximum Gasteiger partial charge on any atom is 0.487 e. The minimum absolute atomic E-state index is 1.12. The van der Waals surface area contributed by atoms with Crippen molar-refractivity contribution in [2.24, 2.45) is 0 Å². The molecule has 4 nitrogen and oxygen atoms in total. The molecule has 1 rings (SSSR count). The highest BCUT2D eigenvalue weighted by atomic mass is 19.4. The van der Waals surface area contributed by atoms with Crippen molar-refractivity contribution in [1.82, 2.24) is 15.5 Å². The van der Waals surface area contributed by atoms with Crippen LogP contribution in [0, 0.1) is 0 Å². The highest BCUT2D eigenvalue weighted by Gasteiger charge is 2.41. The molecule has 0 aliphatic rings. The van der Waals surface area contributed by atoms with Gasteiger partial charge >= 0.3 is 12.0 Å². The molecular weight excluding hydrogens is 137 g/mol. The maximum atomic E-state index is 11.5. The molecule has 0 aliphatic heterocycles. The van der Waals surface area contributed by atoms with Gasteiger partial charge in [0.25, 0.3) is 0 Å².